The van der Waals surface area contributed by atoms with Crippen molar-refractivity contribution in [2.75, 3.05) is 20.7 Å². The molecule has 5 nitrogen and oxygen atoms in total. The smallest absolute Gasteiger partial charge is 0.279 e. The van der Waals surface area contributed by atoms with Crippen LogP contribution in [-0.2, 0) is 16.8 Å². The lowest BCUT2D eigenvalue weighted by molar-refractivity contribution is 0.350. The second-order valence-electron chi connectivity index (χ2n) is 3.87. The van der Waals surface area contributed by atoms with Gasteiger partial charge in [-0.05, 0) is 18.2 Å². The van der Waals surface area contributed by atoms with Crippen LogP contribution in [-0.4, -0.2) is 38.5 Å². The first-order valence-corrected chi connectivity index (χ1v) is 6.86. The summed E-state index contributed by atoms with van der Waals surface area (Å²) in [6.07, 6.45) is 0. The van der Waals surface area contributed by atoms with Crippen LogP contribution in [0.2, 0.25) is 0 Å². The van der Waals surface area contributed by atoms with Crippen molar-refractivity contribution in [3.8, 4) is 11.8 Å². The van der Waals surface area contributed by atoms with E-state index in [1.54, 1.807) is 0 Å². The van der Waals surface area contributed by atoms with E-state index in [2.05, 4.69) is 16.6 Å². The minimum Gasteiger partial charge on any atom is -0.384 e. The summed E-state index contributed by atoms with van der Waals surface area (Å²) in [5.41, 5.74) is 0.699. The molecule has 0 saturated heterocycles. The summed E-state index contributed by atoms with van der Waals surface area (Å²) in [4.78, 5) is 0. The molecule has 7 heteroatoms. The van der Waals surface area contributed by atoms with Crippen LogP contribution in [0, 0.1) is 17.7 Å². The third-order valence-electron chi connectivity index (χ3n) is 2.28. The predicted octanol–water partition coefficient (Wildman–Crippen LogP) is 0.0655. The van der Waals surface area contributed by atoms with Gasteiger partial charge in [0.15, 0.2) is 0 Å². The summed E-state index contributed by atoms with van der Waals surface area (Å²) in [5, 5.41) is 8.58. The maximum Gasteiger partial charge on any atom is 0.279 e. The normalized spacial score (nSPS) is 11.2. The minimum atomic E-state index is -3.60. The van der Waals surface area contributed by atoms with Crippen LogP contribution in [0.5, 0.6) is 0 Å². The lowest BCUT2D eigenvalue weighted by atomic mass is 10.1. The number of aliphatic hydroxyl groups is 1. The number of benzene rings is 1. The van der Waals surface area contributed by atoms with E-state index in [9.17, 15) is 12.8 Å². The Balaban J connectivity index is 2.89. The standard InChI is InChI=1S/C12H15FN2O3S/c1-15(2)19(17,18)14-9-11-8-10(4-3-7-16)5-6-12(11)13/h5-6,8,14,16H,7,9H2,1-2H3. The Morgan fingerprint density at radius 3 is 2.68 bits per heavy atom. The van der Waals surface area contributed by atoms with Crippen LogP contribution in [0.3, 0.4) is 0 Å². The highest BCUT2D eigenvalue weighted by Crippen LogP contribution is 2.10. The molecule has 0 radical (unpaired) electrons. The van der Waals surface area contributed by atoms with Gasteiger partial charge >= 0.3 is 0 Å². The van der Waals surface area contributed by atoms with Gasteiger partial charge in [0.1, 0.15) is 12.4 Å². The number of aliphatic hydroxyl groups excluding tert-OH is 1. The SMILES string of the molecule is CN(C)S(=O)(=O)NCc1cc(C#CCO)ccc1F. The topological polar surface area (TPSA) is 69.6 Å². The molecule has 0 aliphatic rings. The highest BCUT2D eigenvalue weighted by molar-refractivity contribution is 7.87. The van der Waals surface area contributed by atoms with E-state index in [1.807, 2.05) is 0 Å². The molecule has 1 rings (SSSR count). The minimum absolute atomic E-state index is 0.166. The van der Waals surface area contributed by atoms with E-state index in [0.29, 0.717) is 5.56 Å². The molecule has 0 amide bonds. The summed E-state index contributed by atoms with van der Waals surface area (Å²) < 4.78 is 39.8. The first kappa shape index (κ1) is 15.6. The van der Waals surface area contributed by atoms with Gasteiger partial charge in [0.25, 0.3) is 10.2 Å². The third kappa shape index (κ3) is 4.61. The highest BCUT2D eigenvalue weighted by Gasteiger charge is 2.13. The second-order valence-corrected chi connectivity index (χ2v) is 5.84. The zero-order valence-electron chi connectivity index (χ0n) is 10.6. The number of hydrogen-bond donors (Lipinski definition) is 2. The number of nitrogens with one attached hydrogen (secondary N) is 1. The Morgan fingerprint density at radius 2 is 2.11 bits per heavy atom. The number of nitrogens with zero attached hydrogens (tertiary/aromatic N) is 1. The van der Waals surface area contributed by atoms with Crippen LogP contribution in [0.15, 0.2) is 18.2 Å². The van der Waals surface area contributed by atoms with Gasteiger partial charge in [0.2, 0.25) is 0 Å². The van der Waals surface area contributed by atoms with E-state index in [0.717, 1.165) is 4.31 Å². The molecule has 0 unspecified atom stereocenters. The molecule has 1 aromatic carbocycles. The van der Waals surface area contributed by atoms with Crippen molar-refractivity contribution in [2.45, 2.75) is 6.54 Å². The fourth-order valence-corrected chi connectivity index (χ4v) is 1.82. The first-order valence-electron chi connectivity index (χ1n) is 5.42. The Kier molecular flexibility index (Phi) is 5.44. The van der Waals surface area contributed by atoms with E-state index in [4.69, 9.17) is 5.11 Å². The molecule has 2 N–H and O–H groups in total. The summed E-state index contributed by atoms with van der Waals surface area (Å²) in [6.45, 7) is -0.457. The Labute approximate surface area is 112 Å². The number of rotatable bonds is 4. The Hall–Kier alpha value is -1.46. The third-order valence-corrected chi connectivity index (χ3v) is 3.75. The van der Waals surface area contributed by atoms with E-state index in [1.165, 1.54) is 32.3 Å². The van der Waals surface area contributed by atoms with Gasteiger partial charge in [-0.3, -0.25) is 0 Å². The quantitative estimate of drug-likeness (QED) is 0.769. The molecule has 0 bridgehead atoms. The van der Waals surface area contributed by atoms with Gasteiger partial charge in [-0.1, -0.05) is 11.8 Å². The van der Waals surface area contributed by atoms with Crippen molar-refractivity contribution >= 4 is 10.2 Å². The molecular weight excluding hydrogens is 271 g/mol. The molecule has 0 spiro atoms. The number of hydrogen-bond acceptors (Lipinski definition) is 3. The van der Waals surface area contributed by atoms with E-state index >= 15 is 0 Å². The molecule has 1 aromatic rings. The van der Waals surface area contributed by atoms with Gasteiger partial charge in [0, 0.05) is 31.8 Å². The highest BCUT2D eigenvalue weighted by atomic mass is 32.2. The fraction of sp³-hybridized carbons (Fsp3) is 0.333. The van der Waals surface area contributed by atoms with Crippen LogP contribution in [0.4, 0.5) is 4.39 Å². The molecule has 104 valence electrons. The maximum atomic E-state index is 13.5. The van der Waals surface area contributed by atoms with Crippen LogP contribution >= 0.6 is 0 Å². The molecule has 0 aliphatic heterocycles. The average Bonchev–Trinajstić information content (AvgIpc) is 2.36. The zero-order valence-corrected chi connectivity index (χ0v) is 11.5. The van der Waals surface area contributed by atoms with Gasteiger partial charge in [-0.2, -0.15) is 17.4 Å². The zero-order chi connectivity index (χ0) is 14.5. The summed E-state index contributed by atoms with van der Waals surface area (Å²) in [7, 11) is -0.849. The predicted molar refractivity (Wildman–Crippen MR) is 69.8 cm³/mol. The monoisotopic (exact) mass is 286 g/mol. The van der Waals surface area contributed by atoms with Crippen LogP contribution < -0.4 is 4.72 Å². The van der Waals surface area contributed by atoms with Crippen molar-refractivity contribution in [3.63, 3.8) is 0 Å². The molecule has 0 heterocycles. The summed E-state index contributed by atoms with van der Waals surface area (Å²) in [5.74, 6) is 4.55. The lowest BCUT2D eigenvalue weighted by Gasteiger charge is -2.12. The lowest BCUT2D eigenvalue weighted by Crippen LogP contribution is -2.35. The van der Waals surface area contributed by atoms with Crippen molar-refractivity contribution in [1.82, 2.24) is 9.03 Å². The fourth-order valence-electron chi connectivity index (χ4n) is 1.23. The van der Waals surface area contributed by atoms with Crippen molar-refractivity contribution in [3.05, 3.63) is 35.1 Å². The molecular formula is C12H15FN2O3S. The van der Waals surface area contributed by atoms with E-state index in [-0.39, 0.29) is 18.7 Å². The molecule has 0 aromatic heterocycles. The first-order chi connectivity index (χ1) is 8.86. The average molecular weight is 286 g/mol. The maximum absolute atomic E-state index is 13.5. The molecule has 19 heavy (non-hydrogen) atoms. The van der Waals surface area contributed by atoms with Gasteiger partial charge < -0.3 is 5.11 Å². The molecule has 0 fully saturated rings. The van der Waals surface area contributed by atoms with Gasteiger partial charge in [0.05, 0.1) is 0 Å². The molecule has 0 atom stereocenters. The van der Waals surface area contributed by atoms with Crippen molar-refractivity contribution in [2.24, 2.45) is 0 Å². The number of halogens is 1. The Morgan fingerprint density at radius 1 is 1.42 bits per heavy atom. The van der Waals surface area contributed by atoms with E-state index < -0.39 is 16.0 Å². The Bertz CT molecular complexity index is 603. The van der Waals surface area contributed by atoms with Crippen molar-refractivity contribution < 1.29 is 17.9 Å². The molecule has 0 aliphatic carbocycles. The van der Waals surface area contributed by atoms with Crippen molar-refractivity contribution in [1.29, 1.82) is 0 Å². The van der Waals surface area contributed by atoms with Crippen LogP contribution in [0.25, 0.3) is 0 Å². The van der Waals surface area contributed by atoms with Gasteiger partial charge in [-0.15, -0.1) is 0 Å². The van der Waals surface area contributed by atoms with Gasteiger partial charge in [-0.25, -0.2) is 4.39 Å². The van der Waals surface area contributed by atoms with Crippen LogP contribution in [0.1, 0.15) is 11.1 Å². The molecule has 0 saturated carbocycles. The largest absolute Gasteiger partial charge is 0.384 e. The second kappa shape index (κ2) is 6.63. The summed E-state index contributed by atoms with van der Waals surface area (Å²) >= 11 is 0. The summed E-state index contributed by atoms with van der Waals surface area (Å²) in [6, 6.07) is 4.11.